The van der Waals surface area contributed by atoms with Crippen LogP contribution < -0.4 is 0 Å². The van der Waals surface area contributed by atoms with Gasteiger partial charge >= 0.3 is 11.9 Å². The van der Waals surface area contributed by atoms with Gasteiger partial charge in [-0.3, -0.25) is 9.59 Å². The van der Waals surface area contributed by atoms with Gasteiger partial charge in [-0.15, -0.1) is 0 Å². The third-order valence-corrected chi connectivity index (χ3v) is 0.712. The third-order valence-electron chi connectivity index (χ3n) is 0.712. The van der Waals surface area contributed by atoms with E-state index in [9.17, 15) is 9.59 Å². The van der Waals surface area contributed by atoms with Crippen LogP contribution in [0.5, 0.6) is 0 Å². The first-order valence-corrected chi connectivity index (χ1v) is 6.65. The molecule has 0 atom stereocenters. The minimum absolute atomic E-state index is 0. The zero-order valence-electron chi connectivity index (χ0n) is 14.3. The first-order chi connectivity index (χ1) is 9.41. The predicted octanol–water partition coefficient (Wildman–Crippen LogP) is 1.71. The predicted molar refractivity (Wildman–Crippen MR) is 81.0 cm³/mol. The molecule has 0 aromatic heterocycles. The molecule has 21 heavy (non-hydrogen) atoms. The Kier molecular flexibility index (Phi) is 89.1. The molecule has 0 aliphatic heterocycles. The van der Waals surface area contributed by atoms with Crippen LogP contribution >= 0.6 is 0 Å². The molecular formula is C14H33O6Ti-. The van der Waals surface area contributed by atoms with Crippen molar-refractivity contribution in [1.82, 2.24) is 0 Å². The summed E-state index contributed by atoms with van der Waals surface area (Å²) in [5.41, 5.74) is 0. The largest absolute Gasteiger partial charge is 0.397 e. The Morgan fingerprint density at radius 3 is 1.29 bits per heavy atom. The standard InChI is InChI=1S/C6H10O3.3C2H6O.C2H5.Ti/c1-3-4-6(8)9-5(2)7;3*1-2-3;1-2;/h3-4H2,1-2H3;3*3H,2H2,1H3;1H2,2H3;/q;;;;-1;. The summed E-state index contributed by atoms with van der Waals surface area (Å²) < 4.78 is 4.21. The van der Waals surface area contributed by atoms with Crippen molar-refractivity contribution < 1.29 is 51.4 Å². The van der Waals surface area contributed by atoms with E-state index in [1.165, 1.54) is 6.92 Å². The van der Waals surface area contributed by atoms with Crippen LogP contribution in [0.25, 0.3) is 0 Å². The van der Waals surface area contributed by atoms with Gasteiger partial charge in [0.1, 0.15) is 0 Å². The van der Waals surface area contributed by atoms with E-state index in [-0.39, 0.29) is 41.5 Å². The van der Waals surface area contributed by atoms with Gasteiger partial charge in [0.2, 0.25) is 0 Å². The number of aliphatic hydroxyl groups excluding tert-OH is 3. The topological polar surface area (TPSA) is 104 Å². The van der Waals surface area contributed by atoms with Gasteiger partial charge < -0.3 is 27.0 Å². The number of hydrogen-bond donors (Lipinski definition) is 3. The molecule has 0 saturated heterocycles. The zero-order chi connectivity index (χ0) is 17.4. The molecule has 3 N–H and O–H groups in total. The molecule has 0 rings (SSSR count). The van der Waals surface area contributed by atoms with Crippen molar-refractivity contribution in [1.29, 1.82) is 0 Å². The maximum Gasteiger partial charge on any atom is 0.313 e. The molecule has 0 amide bonds. The number of rotatable bonds is 2. The van der Waals surface area contributed by atoms with E-state index in [4.69, 9.17) is 15.3 Å². The summed E-state index contributed by atoms with van der Waals surface area (Å²) in [7, 11) is 0. The van der Waals surface area contributed by atoms with Crippen LogP contribution in [0.3, 0.4) is 0 Å². The maximum atomic E-state index is 10.4. The van der Waals surface area contributed by atoms with E-state index in [0.717, 1.165) is 0 Å². The fourth-order valence-corrected chi connectivity index (χ4v) is 0.415. The SMILES string of the molecule is CCCC(=O)OC(C)=O.CCO.CCO.CCO.[CH2-]C.[Ti]. The molecule has 0 bridgehead atoms. The summed E-state index contributed by atoms with van der Waals surface area (Å²) in [5.74, 6) is -0.974. The van der Waals surface area contributed by atoms with Crippen LogP contribution in [0.15, 0.2) is 0 Å². The molecular weight excluding hydrogens is 312 g/mol. The van der Waals surface area contributed by atoms with Gasteiger partial charge in [-0.1, -0.05) is 6.92 Å². The molecule has 0 aromatic rings. The van der Waals surface area contributed by atoms with E-state index in [2.05, 4.69) is 11.7 Å². The Morgan fingerprint density at radius 2 is 1.14 bits per heavy atom. The second-order valence-corrected chi connectivity index (χ2v) is 2.66. The van der Waals surface area contributed by atoms with Crippen molar-refractivity contribution in [3.8, 4) is 0 Å². The Morgan fingerprint density at radius 1 is 0.905 bits per heavy atom. The van der Waals surface area contributed by atoms with Crippen molar-refractivity contribution in [2.75, 3.05) is 19.8 Å². The van der Waals surface area contributed by atoms with Crippen LogP contribution in [0.1, 0.15) is 54.4 Å². The Hall–Kier alpha value is -0.266. The first-order valence-electron chi connectivity index (χ1n) is 6.65. The van der Waals surface area contributed by atoms with Gasteiger partial charge in [-0.25, -0.2) is 0 Å². The number of aliphatic hydroxyl groups is 3. The molecule has 0 spiro atoms. The van der Waals surface area contributed by atoms with Gasteiger partial charge in [-0.2, -0.15) is 6.92 Å². The summed E-state index contributed by atoms with van der Waals surface area (Å²) in [6.45, 7) is 13.9. The number of carbonyl (C=O) groups is 2. The van der Waals surface area contributed by atoms with Gasteiger partial charge in [-0.05, 0) is 27.2 Å². The van der Waals surface area contributed by atoms with Gasteiger partial charge in [0, 0.05) is 54.9 Å². The van der Waals surface area contributed by atoms with E-state index >= 15 is 0 Å². The molecule has 0 radical (unpaired) electrons. The second kappa shape index (κ2) is 50.3. The molecule has 6 nitrogen and oxygen atoms in total. The number of hydrogen-bond acceptors (Lipinski definition) is 6. The molecule has 0 fully saturated rings. The summed E-state index contributed by atoms with van der Waals surface area (Å²) in [6.07, 6.45) is 1.03. The molecule has 130 valence electrons. The van der Waals surface area contributed by atoms with Crippen molar-refractivity contribution in [2.45, 2.75) is 54.4 Å². The molecule has 0 aliphatic rings. The quantitative estimate of drug-likeness (QED) is 0.305. The van der Waals surface area contributed by atoms with E-state index in [1.54, 1.807) is 27.7 Å². The summed E-state index contributed by atoms with van der Waals surface area (Å²) in [5, 5.41) is 22.7. The van der Waals surface area contributed by atoms with E-state index in [1.807, 2.05) is 6.92 Å². The minimum atomic E-state index is -0.534. The number of esters is 2. The van der Waals surface area contributed by atoms with Gasteiger partial charge in [0.15, 0.2) is 0 Å². The van der Waals surface area contributed by atoms with Crippen LogP contribution in [0.4, 0.5) is 0 Å². The van der Waals surface area contributed by atoms with E-state index < -0.39 is 11.9 Å². The maximum absolute atomic E-state index is 10.4. The average molecular weight is 345 g/mol. The minimum Gasteiger partial charge on any atom is -0.397 e. The van der Waals surface area contributed by atoms with Crippen LogP contribution in [0.2, 0.25) is 0 Å². The Balaban J connectivity index is -0.0000000395. The van der Waals surface area contributed by atoms with Crippen molar-refractivity contribution in [2.24, 2.45) is 0 Å². The van der Waals surface area contributed by atoms with Crippen LogP contribution in [-0.4, -0.2) is 47.1 Å². The number of carbonyl (C=O) groups excluding carboxylic acids is 2. The molecule has 0 saturated carbocycles. The average Bonchev–Trinajstić information content (AvgIpc) is 2.34. The number of ether oxygens (including phenoxy) is 1. The summed E-state index contributed by atoms with van der Waals surface area (Å²) in [6, 6.07) is 0. The van der Waals surface area contributed by atoms with Crippen LogP contribution in [-0.2, 0) is 36.0 Å². The molecule has 0 unspecified atom stereocenters. The third kappa shape index (κ3) is 137. The summed E-state index contributed by atoms with van der Waals surface area (Å²) >= 11 is 0. The molecule has 7 heteroatoms. The van der Waals surface area contributed by atoms with Crippen molar-refractivity contribution >= 4 is 11.9 Å². The van der Waals surface area contributed by atoms with E-state index in [0.29, 0.717) is 12.8 Å². The van der Waals surface area contributed by atoms with Crippen molar-refractivity contribution in [3.05, 3.63) is 6.92 Å². The normalized spacial score (nSPS) is 6.57. The van der Waals surface area contributed by atoms with Gasteiger partial charge in [0.05, 0.1) is 0 Å². The van der Waals surface area contributed by atoms with Gasteiger partial charge in [0.25, 0.3) is 0 Å². The van der Waals surface area contributed by atoms with Crippen molar-refractivity contribution in [3.63, 3.8) is 0 Å². The molecule has 0 aromatic carbocycles. The Bertz CT molecular complexity index is 161. The summed E-state index contributed by atoms with van der Waals surface area (Å²) in [4.78, 5) is 20.5. The fourth-order valence-electron chi connectivity index (χ4n) is 0.415. The smallest absolute Gasteiger partial charge is 0.313 e. The zero-order valence-corrected chi connectivity index (χ0v) is 15.9. The molecule has 0 aliphatic carbocycles. The molecule has 0 heterocycles. The second-order valence-electron chi connectivity index (χ2n) is 2.66. The monoisotopic (exact) mass is 345 g/mol. The Labute approximate surface area is 144 Å². The van der Waals surface area contributed by atoms with Crippen LogP contribution in [0, 0.1) is 6.92 Å². The first kappa shape index (κ1) is 37.2. The fraction of sp³-hybridized carbons (Fsp3) is 0.786.